The Balaban J connectivity index is 2.03. The van der Waals surface area contributed by atoms with Gasteiger partial charge in [-0.15, -0.1) is 0 Å². The van der Waals surface area contributed by atoms with Gasteiger partial charge < -0.3 is 24.4 Å². The van der Waals surface area contributed by atoms with Crippen molar-refractivity contribution in [1.29, 1.82) is 0 Å². The molecule has 1 aliphatic rings. The molecular weight excluding hydrogens is 432 g/mol. The molecule has 182 valence electrons. The lowest BCUT2D eigenvalue weighted by molar-refractivity contribution is -0.140. The molecule has 34 heavy (non-hydrogen) atoms. The van der Waals surface area contributed by atoms with Gasteiger partial charge in [0.05, 0.1) is 25.3 Å². The van der Waals surface area contributed by atoms with Crippen LogP contribution in [-0.2, 0) is 9.59 Å². The van der Waals surface area contributed by atoms with Crippen molar-refractivity contribution >= 4 is 17.4 Å². The monoisotopic (exact) mass is 466 g/mol. The van der Waals surface area contributed by atoms with E-state index in [1.54, 1.807) is 29.2 Å². The molecule has 2 aromatic carbocycles. The van der Waals surface area contributed by atoms with Gasteiger partial charge >= 0.3 is 0 Å². The summed E-state index contributed by atoms with van der Waals surface area (Å²) in [5.74, 6) is -0.222. The van der Waals surface area contributed by atoms with Crippen LogP contribution < -0.4 is 9.47 Å². The van der Waals surface area contributed by atoms with Crippen molar-refractivity contribution < 1.29 is 24.2 Å². The highest BCUT2D eigenvalue weighted by atomic mass is 16.5. The molecule has 0 unspecified atom stereocenters. The van der Waals surface area contributed by atoms with Gasteiger partial charge in [-0.25, -0.2) is 0 Å². The molecular formula is C27H34N2O5. The number of ketones is 1. The van der Waals surface area contributed by atoms with Gasteiger partial charge in [0.2, 0.25) is 0 Å². The largest absolute Gasteiger partial charge is 0.507 e. The molecule has 0 bridgehead atoms. The van der Waals surface area contributed by atoms with Gasteiger partial charge in [-0.05, 0) is 62.8 Å². The third-order valence-corrected chi connectivity index (χ3v) is 6.16. The summed E-state index contributed by atoms with van der Waals surface area (Å²) < 4.78 is 10.8. The van der Waals surface area contributed by atoms with Crippen LogP contribution in [0.3, 0.4) is 0 Å². The third-order valence-electron chi connectivity index (χ3n) is 6.16. The molecule has 1 amide bonds. The maximum atomic E-state index is 13.2. The lowest BCUT2D eigenvalue weighted by Gasteiger charge is -2.27. The standard InChI is InChI=1S/C27H34N2O5/c1-5-28(6-2)16-9-17-29-24(19-12-14-21(15-13-19)34-7-3)23(26(31)27(29)32)25(30)20-10-8-11-22(18-20)33-4/h8,10-15,18,24,30H,5-7,9,16-17H2,1-4H3/t24-/m0/s1. The van der Waals surface area contributed by atoms with Gasteiger partial charge in [0.15, 0.2) is 0 Å². The van der Waals surface area contributed by atoms with Crippen LogP contribution in [0, 0.1) is 0 Å². The zero-order valence-electron chi connectivity index (χ0n) is 20.4. The molecule has 1 N–H and O–H groups in total. The highest BCUT2D eigenvalue weighted by Gasteiger charge is 2.45. The molecule has 0 aromatic heterocycles. The van der Waals surface area contributed by atoms with Crippen LogP contribution in [0.2, 0.25) is 0 Å². The zero-order chi connectivity index (χ0) is 24.7. The number of benzene rings is 2. The molecule has 0 radical (unpaired) electrons. The summed E-state index contributed by atoms with van der Waals surface area (Å²) in [4.78, 5) is 30.1. The highest BCUT2D eigenvalue weighted by Crippen LogP contribution is 2.40. The molecule has 1 saturated heterocycles. The Kier molecular flexibility index (Phi) is 8.71. The molecule has 0 saturated carbocycles. The Morgan fingerprint density at radius 1 is 1.03 bits per heavy atom. The van der Waals surface area contributed by atoms with Gasteiger partial charge in [0.25, 0.3) is 11.7 Å². The minimum absolute atomic E-state index is 0.0882. The van der Waals surface area contributed by atoms with E-state index in [4.69, 9.17) is 9.47 Å². The molecule has 1 fully saturated rings. The molecule has 1 heterocycles. The van der Waals surface area contributed by atoms with Gasteiger partial charge in [0, 0.05) is 12.1 Å². The second-order valence-corrected chi connectivity index (χ2v) is 8.11. The fourth-order valence-corrected chi connectivity index (χ4v) is 4.30. The predicted molar refractivity (Wildman–Crippen MR) is 132 cm³/mol. The molecule has 0 aliphatic carbocycles. The van der Waals surface area contributed by atoms with E-state index < -0.39 is 17.7 Å². The van der Waals surface area contributed by atoms with Gasteiger partial charge in [-0.1, -0.05) is 38.1 Å². The minimum atomic E-state index is -0.682. The van der Waals surface area contributed by atoms with Crippen LogP contribution in [0.15, 0.2) is 54.1 Å². The first-order valence-corrected chi connectivity index (χ1v) is 11.8. The Hall–Kier alpha value is -3.32. The van der Waals surface area contributed by atoms with Crippen molar-refractivity contribution in [1.82, 2.24) is 9.80 Å². The third kappa shape index (κ3) is 5.42. The number of ether oxygens (including phenoxy) is 2. The van der Waals surface area contributed by atoms with E-state index in [1.807, 2.05) is 31.2 Å². The molecule has 3 rings (SSSR count). The second kappa shape index (κ2) is 11.7. The number of methoxy groups -OCH3 is 1. The van der Waals surface area contributed by atoms with E-state index in [1.165, 1.54) is 7.11 Å². The number of hydrogen-bond acceptors (Lipinski definition) is 6. The summed E-state index contributed by atoms with van der Waals surface area (Å²) in [6, 6.07) is 13.5. The van der Waals surface area contributed by atoms with Crippen LogP contribution in [0.4, 0.5) is 0 Å². The molecule has 1 atom stereocenters. The van der Waals surface area contributed by atoms with Gasteiger partial charge in [-0.2, -0.15) is 0 Å². The number of Topliss-reactive ketones (excluding diaryl/α,β-unsaturated/α-hetero) is 1. The molecule has 2 aromatic rings. The fraction of sp³-hybridized carbons (Fsp3) is 0.407. The lowest BCUT2D eigenvalue weighted by atomic mass is 9.95. The van der Waals surface area contributed by atoms with Crippen LogP contribution in [0.1, 0.15) is 44.4 Å². The van der Waals surface area contributed by atoms with Gasteiger partial charge in [-0.3, -0.25) is 9.59 Å². The number of hydrogen-bond donors (Lipinski definition) is 1. The zero-order valence-corrected chi connectivity index (χ0v) is 20.4. The molecule has 0 spiro atoms. The van der Waals surface area contributed by atoms with Gasteiger partial charge in [0.1, 0.15) is 17.3 Å². The minimum Gasteiger partial charge on any atom is -0.507 e. The Morgan fingerprint density at radius 3 is 2.35 bits per heavy atom. The van der Waals surface area contributed by atoms with E-state index in [0.717, 1.165) is 31.6 Å². The molecule has 7 heteroatoms. The van der Waals surface area contributed by atoms with E-state index in [9.17, 15) is 14.7 Å². The molecule has 7 nitrogen and oxygen atoms in total. The van der Waals surface area contributed by atoms with Crippen molar-refractivity contribution in [3.05, 3.63) is 65.2 Å². The summed E-state index contributed by atoms with van der Waals surface area (Å²) >= 11 is 0. The van der Waals surface area contributed by atoms with Crippen molar-refractivity contribution in [2.24, 2.45) is 0 Å². The van der Waals surface area contributed by atoms with Crippen molar-refractivity contribution in [3.8, 4) is 11.5 Å². The van der Waals surface area contributed by atoms with E-state index in [2.05, 4.69) is 18.7 Å². The quantitative estimate of drug-likeness (QED) is 0.303. The Labute approximate surface area is 201 Å². The number of aliphatic hydroxyl groups excluding tert-OH is 1. The average molecular weight is 467 g/mol. The van der Waals surface area contributed by atoms with Crippen LogP contribution >= 0.6 is 0 Å². The van der Waals surface area contributed by atoms with Crippen molar-refractivity contribution in [2.75, 3.05) is 39.9 Å². The summed E-state index contributed by atoms with van der Waals surface area (Å²) in [5.41, 5.74) is 1.26. The lowest BCUT2D eigenvalue weighted by Crippen LogP contribution is -2.33. The average Bonchev–Trinajstić information content (AvgIpc) is 3.12. The number of carbonyl (C=O) groups excluding carboxylic acids is 2. The summed E-state index contributed by atoms with van der Waals surface area (Å²) in [7, 11) is 1.54. The van der Waals surface area contributed by atoms with E-state index >= 15 is 0 Å². The summed E-state index contributed by atoms with van der Waals surface area (Å²) in [5, 5.41) is 11.2. The first-order valence-electron chi connectivity index (χ1n) is 11.8. The van der Waals surface area contributed by atoms with Crippen LogP contribution in [0.5, 0.6) is 11.5 Å². The van der Waals surface area contributed by atoms with Crippen molar-refractivity contribution in [3.63, 3.8) is 0 Å². The van der Waals surface area contributed by atoms with Crippen LogP contribution in [-0.4, -0.2) is 66.5 Å². The SMILES string of the molecule is CCOc1ccc([C@H]2C(=C(O)c3cccc(OC)c3)C(=O)C(=O)N2CCCN(CC)CC)cc1. The normalized spacial score (nSPS) is 17.4. The fourth-order valence-electron chi connectivity index (χ4n) is 4.30. The Morgan fingerprint density at radius 2 is 1.74 bits per heavy atom. The number of carbonyl (C=O) groups is 2. The first kappa shape index (κ1) is 25.3. The highest BCUT2D eigenvalue weighted by molar-refractivity contribution is 6.46. The number of amides is 1. The smallest absolute Gasteiger partial charge is 0.295 e. The maximum absolute atomic E-state index is 13.2. The number of nitrogens with zero attached hydrogens (tertiary/aromatic N) is 2. The number of likely N-dealkylation sites (tertiary alicyclic amines) is 1. The predicted octanol–water partition coefficient (Wildman–Crippen LogP) is 4.25. The second-order valence-electron chi connectivity index (χ2n) is 8.11. The molecule has 1 aliphatic heterocycles. The number of aliphatic hydroxyl groups is 1. The topological polar surface area (TPSA) is 79.3 Å². The number of rotatable bonds is 11. The maximum Gasteiger partial charge on any atom is 0.295 e. The van der Waals surface area contributed by atoms with Crippen LogP contribution in [0.25, 0.3) is 5.76 Å². The Bertz CT molecular complexity index is 1030. The van der Waals surface area contributed by atoms with E-state index in [-0.39, 0.29) is 11.3 Å². The summed E-state index contributed by atoms with van der Waals surface area (Å²) in [6.45, 7) is 9.73. The van der Waals surface area contributed by atoms with E-state index in [0.29, 0.717) is 30.2 Å². The summed E-state index contributed by atoms with van der Waals surface area (Å²) in [6.07, 6.45) is 0.724. The first-order chi connectivity index (χ1) is 16.4. The van der Waals surface area contributed by atoms with Crippen molar-refractivity contribution in [2.45, 2.75) is 33.2 Å².